The van der Waals surface area contributed by atoms with Gasteiger partial charge in [-0.05, 0) is 44.9 Å². The van der Waals surface area contributed by atoms with Crippen LogP contribution in [0.1, 0.15) is 136 Å². The van der Waals surface area contributed by atoms with Crippen LogP contribution in [-0.2, 0) is 14.9 Å². The Bertz CT molecular complexity index is 722. The van der Waals surface area contributed by atoms with Crippen LogP contribution in [0.15, 0.2) is 24.3 Å². The molecule has 0 saturated carbocycles. The highest BCUT2D eigenvalue weighted by atomic mass is 32.2. The maximum atomic E-state index is 12.4. The van der Waals surface area contributed by atoms with E-state index in [2.05, 4.69) is 31.3 Å². The van der Waals surface area contributed by atoms with Gasteiger partial charge in [0.1, 0.15) is 6.10 Å². The molecule has 0 rings (SSSR count). The maximum absolute atomic E-state index is 12.4. The molecule has 0 aliphatic heterocycles. The van der Waals surface area contributed by atoms with E-state index < -0.39 is 40.0 Å². The van der Waals surface area contributed by atoms with Gasteiger partial charge < -0.3 is 15.5 Å². The lowest BCUT2D eigenvalue weighted by molar-refractivity contribution is -0.130. The van der Waals surface area contributed by atoms with Crippen molar-refractivity contribution in [2.45, 2.75) is 154 Å². The Labute approximate surface area is 233 Å². The molecule has 0 saturated heterocycles. The molecule has 0 aromatic rings. The van der Waals surface area contributed by atoms with E-state index in [1.165, 1.54) is 63.9 Å². The van der Waals surface area contributed by atoms with Crippen LogP contribution >= 0.6 is 0 Å². The van der Waals surface area contributed by atoms with Crippen LogP contribution in [0.5, 0.6) is 0 Å². The summed E-state index contributed by atoms with van der Waals surface area (Å²) < 4.78 is 31.9. The van der Waals surface area contributed by atoms with Gasteiger partial charge in [0.2, 0.25) is 5.91 Å². The van der Waals surface area contributed by atoms with Crippen molar-refractivity contribution in [1.82, 2.24) is 5.32 Å². The summed E-state index contributed by atoms with van der Waals surface area (Å²) in [6.45, 7) is 4.33. The van der Waals surface area contributed by atoms with E-state index in [0.717, 1.165) is 51.4 Å². The third-order valence-corrected chi connectivity index (χ3v) is 7.51. The number of aliphatic hydroxyl groups is 2. The van der Waals surface area contributed by atoms with Gasteiger partial charge in [0.15, 0.2) is 0 Å². The van der Waals surface area contributed by atoms with Crippen LogP contribution in [-0.4, -0.2) is 53.1 Å². The molecule has 7 nitrogen and oxygen atoms in total. The first-order chi connectivity index (χ1) is 18.2. The van der Waals surface area contributed by atoms with Gasteiger partial charge in [0.25, 0.3) is 10.1 Å². The molecule has 8 heteroatoms. The molecule has 224 valence electrons. The Morgan fingerprint density at radius 1 is 0.711 bits per heavy atom. The number of nitrogens with one attached hydrogen (secondary N) is 1. The summed E-state index contributed by atoms with van der Waals surface area (Å²) >= 11 is 0. The fraction of sp³-hybridized carbons (Fsp3) is 0.833. The molecule has 0 spiro atoms. The highest BCUT2D eigenvalue weighted by Gasteiger charge is 2.27. The van der Waals surface area contributed by atoms with E-state index >= 15 is 0 Å². The standard InChI is InChI=1S/C30H57NO6S/c1-3-5-7-9-10-11-12-13-14-15-16-17-18-19-21-23-25-29(33)30(34)31-27(26-38(35,36)37)28(32)24-22-20-8-6-4-2/h13-14,22,24,27-29,32-33H,3-12,15-21,23,25-26H2,1-2H3,(H,31,34)(H,35,36,37)/b14-13-,24-22+. The molecule has 3 unspecified atom stereocenters. The van der Waals surface area contributed by atoms with Crippen molar-refractivity contribution in [3.63, 3.8) is 0 Å². The summed E-state index contributed by atoms with van der Waals surface area (Å²) in [5, 5.41) is 22.9. The summed E-state index contributed by atoms with van der Waals surface area (Å²) in [5.74, 6) is -1.55. The molecule has 0 heterocycles. The van der Waals surface area contributed by atoms with Gasteiger partial charge >= 0.3 is 0 Å². The molecule has 0 radical (unpaired) electrons. The van der Waals surface area contributed by atoms with Crippen molar-refractivity contribution >= 4 is 16.0 Å². The van der Waals surface area contributed by atoms with E-state index in [0.29, 0.717) is 6.42 Å². The summed E-state index contributed by atoms with van der Waals surface area (Å²) in [6.07, 6.45) is 25.7. The van der Waals surface area contributed by atoms with Gasteiger partial charge in [-0.2, -0.15) is 8.42 Å². The molecule has 0 aliphatic rings. The highest BCUT2D eigenvalue weighted by molar-refractivity contribution is 7.85. The van der Waals surface area contributed by atoms with E-state index in [1.54, 1.807) is 6.08 Å². The van der Waals surface area contributed by atoms with Crippen molar-refractivity contribution in [1.29, 1.82) is 0 Å². The number of hydrogen-bond acceptors (Lipinski definition) is 5. The summed E-state index contributed by atoms with van der Waals surface area (Å²) in [5.41, 5.74) is 0. The van der Waals surface area contributed by atoms with E-state index in [1.807, 2.05) is 0 Å². The molecule has 38 heavy (non-hydrogen) atoms. The van der Waals surface area contributed by atoms with Gasteiger partial charge in [-0.25, -0.2) is 0 Å². The van der Waals surface area contributed by atoms with Crippen molar-refractivity contribution in [3.05, 3.63) is 24.3 Å². The lowest BCUT2D eigenvalue weighted by Crippen LogP contribution is -2.50. The van der Waals surface area contributed by atoms with Crippen LogP contribution in [0.25, 0.3) is 0 Å². The molecule has 0 aromatic carbocycles. The van der Waals surface area contributed by atoms with Crippen molar-refractivity contribution < 1.29 is 28.0 Å². The molecule has 1 amide bonds. The molecular formula is C30H57NO6S. The molecule has 3 atom stereocenters. The van der Waals surface area contributed by atoms with Crippen molar-refractivity contribution in [2.24, 2.45) is 0 Å². The molecule has 0 bridgehead atoms. The Morgan fingerprint density at radius 3 is 1.71 bits per heavy atom. The first-order valence-corrected chi connectivity index (χ1v) is 16.8. The van der Waals surface area contributed by atoms with Crippen LogP contribution in [0, 0.1) is 0 Å². The minimum atomic E-state index is -4.42. The maximum Gasteiger partial charge on any atom is 0.267 e. The van der Waals surface area contributed by atoms with E-state index in [9.17, 15) is 28.0 Å². The predicted octanol–water partition coefficient (Wildman–Crippen LogP) is 6.64. The predicted molar refractivity (Wildman–Crippen MR) is 158 cm³/mol. The highest BCUT2D eigenvalue weighted by Crippen LogP contribution is 2.12. The van der Waals surface area contributed by atoms with Gasteiger partial charge in [-0.1, -0.05) is 115 Å². The number of carbonyl (C=O) groups is 1. The smallest absolute Gasteiger partial charge is 0.267 e. The third-order valence-electron chi connectivity index (χ3n) is 6.73. The zero-order valence-corrected chi connectivity index (χ0v) is 25.0. The van der Waals surface area contributed by atoms with Crippen LogP contribution < -0.4 is 5.32 Å². The third kappa shape index (κ3) is 23.9. The average molecular weight is 560 g/mol. The lowest BCUT2D eigenvalue weighted by atomic mass is 10.0. The average Bonchev–Trinajstić information content (AvgIpc) is 2.86. The quantitative estimate of drug-likeness (QED) is 0.0535. The fourth-order valence-corrected chi connectivity index (χ4v) is 5.06. The zero-order chi connectivity index (χ0) is 28.5. The minimum absolute atomic E-state index is 0.272. The molecule has 0 fully saturated rings. The number of amides is 1. The largest absolute Gasteiger partial charge is 0.387 e. The summed E-state index contributed by atoms with van der Waals surface area (Å²) in [7, 11) is -4.42. The normalized spacial score (nSPS) is 14.8. The van der Waals surface area contributed by atoms with E-state index in [4.69, 9.17) is 0 Å². The Balaban J connectivity index is 4.06. The topological polar surface area (TPSA) is 124 Å². The van der Waals surface area contributed by atoms with Gasteiger partial charge in [0.05, 0.1) is 17.9 Å². The number of carbonyl (C=O) groups excluding carboxylic acids is 1. The van der Waals surface area contributed by atoms with Gasteiger partial charge in [-0.15, -0.1) is 0 Å². The number of rotatable bonds is 26. The molecule has 0 aliphatic carbocycles. The number of unbranched alkanes of at least 4 members (excludes halogenated alkanes) is 15. The first kappa shape index (κ1) is 36.8. The Hall–Kier alpha value is -1.22. The van der Waals surface area contributed by atoms with Crippen LogP contribution in [0.3, 0.4) is 0 Å². The van der Waals surface area contributed by atoms with Gasteiger partial charge in [-0.3, -0.25) is 9.35 Å². The Morgan fingerprint density at radius 2 is 1.16 bits per heavy atom. The SMILES string of the molecule is CCCCC/C=C/C(O)C(CS(=O)(=O)O)NC(=O)C(O)CCCCCCCC/C=C\CCCCCCCC. The number of allylic oxidation sites excluding steroid dienone is 3. The van der Waals surface area contributed by atoms with Crippen LogP contribution in [0.2, 0.25) is 0 Å². The van der Waals surface area contributed by atoms with E-state index in [-0.39, 0.29) is 6.42 Å². The van der Waals surface area contributed by atoms with Crippen LogP contribution in [0.4, 0.5) is 0 Å². The fourth-order valence-electron chi connectivity index (χ4n) is 4.33. The summed E-state index contributed by atoms with van der Waals surface area (Å²) in [4.78, 5) is 12.4. The molecular weight excluding hydrogens is 502 g/mol. The zero-order valence-electron chi connectivity index (χ0n) is 24.2. The second kappa shape index (κ2) is 24.8. The monoisotopic (exact) mass is 559 g/mol. The first-order valence-electron chi connectivity index (χ1n) is 15.1. The Kier molecular flexibility index (Phi) is 24.0. The number of hydrogen-bond donors (Lipinski definition) is 4. The number of aliphatic hydroxyl groups excluding tert-OH is 2. The van der Waals surface area contributed by atoms with Crippen molar-refractivity contribution in [3.8, 4) is 0 Å². The lowest BCUT2D eigenvalue weighted by Gasteiger charge is -2.22. The van der Waals surface area contributed by atoms with Gasteiger partial charge in [0, 0.05) is 0 Å². The van der Waals surface area contributed by atoms with Crippen molar-refractivity contribution in [2.75, 3.05) is 5.75 Å². The molecule has 4 N–H and O–H groups in total. The minimum Gasteiger partial charge on any atom is -0.387 e. The molecule has 0 aromatic heterocycles. The summed E-state index contributed by atoms with van der Waals surface area (Å²) in [6, 6.07) is -1.23. The second-order valence-electron chi connectivity index (χ2n) is 10.5. The second-order valence-corrected chi connectivity index (χ2v) is 12.0.